The zero-order valence-electron chi connectivity index (χ0n) is 11.8. The molecule has 1 aliphatic rings. The van der Waals surface area contributed by atoms with E-state index >= 15 is 0 Å². The van der Waals surface area contributed by atoms with E-state index in [1.54, 1.807) is 6.20 Å². The van der Waals surface area contributed by atoms with Crippen LogP contribution in [0.2, 0.25) is 0 Å². The molecule has 0 bridgehead atoms. The lowest BCUT2D eigenvalue weighted by Gasteiger charge is -2.34. The Balaban J connectivity index is 1.81. The van der Waals surface area contributed by atoms with Crippen molar-refractivity contribution in [3.63, 3.8) is 0 Å². The van der Waals surface area contributed by atoms with E-state index < -0.39 is 5.54 Å². The van der Waals surface area contributed by atoms with E-state index in [9.17, 15) is 0 Å². The number of nitrogens with two attached hydrogens (primary N) is 1. The van der Waals surface area contributed by atoms with Crippen LogP contribution in [0.3, 0.4) is 0 Å². The van der Waals surface area contributed by atoms with Crippen molar-refractivity contribution in [3.8, 4) is 11.5 Å². The van der Waals surface area contributed by atoms with Gasteiger partial charge in [-0.3, -0.25) is 4.98 Å². The summed E-state index contributed by atoms with van der Waals surface area (Å²) in [4.78, 5) is 8.96. The number of nitrogens with zero attached hydrogens (tertiary/aromatic N) is 3. The van der Waals surface area contributed by atoms with Gasteiger partial charge in [0.15, 0.2) is 5.82 Å². The summed E-state index contributed by atoms with van der Waals surface area (Å²) >= 11 is 0. The number of fused-ring (bicyclic) bond motifs is 1. The Morgan fingerprint density at radius 3 is 2.81 bits per heavy atom. The highest BCUT2D eigenvalue weighted by Crippen LogP contribution is 2.38. The molecule has 4 rings (SSSR count). The van der Waals surface area contributed by atoms with Crippen molar-refractivity contribution in [3.05, 3.63) is 41.9 Å². The van der Waals surface area contributed by atoms with Crippen molar-refractivity contribution in [2.24, 2.45) is 5.73 Å². The highest BCUT2D eigenvalue weighted by molar-refractivity contribution is 5.86. The fourth-order valence-corrected chi connectivity index (χ4v) is 2.81. The smallest absolute Gasteiger partial charge is 0.259 e. The van der Waals surface area contributed by atoms with Crippen LogP contribution in [-0.4, -0.2) is 15.1 Å². The number of hydrogen-bond donors (Lipinski definition) is 1. The summed E-state index contributed by atoms with van der Waals surface area (Å²) in [7, 11) is 0. The second-order valence-electron chi connectivity index (χ2n) is 5.75. The van der Waals surface area contributed by atoms with Crippen molar-refractivity contribution in [1.82, 2.24) is 15.1 Å². The van der Waals surface area contributed by atoms with Crippen molar-refractivity contribution in [1.29, 1.82) is 0 Å². The Kier molecular flexibility index (Phi) is 2.59. The van der Waals surface area contributed by atoms with E-state index in [4.69, 9.17) is 10.3 Å². The van der Waals surface area contributed by atoms with Crippen LogP contribution in [-0.2, 0) is 5.54 Å². The van der Waals surface area contributed by atoms with Crippen LogP contribution in [0.5, 0.6) is 0 Å². The van der Waals surface area contributed by atoms with Gasteiger partial charge in [0.05, 0.1) is 16.6 Å². The summed E-state index contributed by atoms with van der Waals surface area (Å²) in [5, 5.41) is 5.17. The third kappa shape index (κ3) is 1.85. The molecule has 0 amide bonds. The summed E-state index contributed by atoms with van der Waals surface area (Å²) in [5.74, 6) is 1.11. The number of aryl methyl sites for hydroxylation is 1. The third-order valence-electron chi connectivity index (χ3n) is 4.39. The van der Waals surface area contributed by atoms with E-state index in [0.717, 1.165) is 41.3 Å². The van der Waals surface area contributed by atoms with Crippen molar-refractivity contribution in [2.75, 3.05) is 0 Å². The summed E-state index contributed by atoms with van der Waals surface area (Å²) in [6, 6.07) is 8.03. The van der Waals surface area contributed by atoms with Crippen LogP contribution in [0.4, 0.5) is 0 Å². The third-order valence-corrected chi connectivity index (χ3v) is 4.39. The van der Waals surface area contributed by atoms with Crippen LogP contribution in [0.25, 0.3) is 22.4 Å². The van der Waals surface area contributed by atoms with Crippen LogP contribution < -0.4 is 5.73 Å². The van der Waals surface area contributed by atoms with E-state index in [2.05, 4.69) is 21.2 Å². The quantitative estimate of drug-likeness (QED) is 0.781. The summed E-state index contributed by atoms with van der Waals surface area (Å²) in [6.45, 7) is 2.05. The van der Waals surface area contributed by atoms with Crippen molar-refractivity contribution >= 4 is 10.9 Å². The molecule has 0 spiro atoms. The Morgan fingerprint density at radius 1 is 1.24 bits per heavy atom. The molecular weight excluding hydrogens is 264 g/mol. The zero-order valence-corrected chi connectivity index (χ0v) is 11.8. The number of hydrogen-bond acceptors (Lipinski definition) is 5. The lowest BCUT2D eigenvalue weighted by molar-refractivity contribution is 0.229. The monoisotopic (exact) mass is 280 g/mol. The summed E-state index contributed by atoms with van der Waals surface area (Å²) in [5.41, 5.74) is 8.77. The maximum atomic E-state index is 6.24. The predicted molar refractivity (Wildman–Crippen MR) is 79.5 cm³/mol. The molecule has 2 heterocycles. The Hall–Kier alpha value is -2.27. The van der Waals surface area contributed by atoms with E-state index in [1.165, 1.54) is 0 Å². The number of para-hydroxylation sites is 1. The molecule has 3 aromatic rings. The normalized spacial score (nSPS) is 16.9. The Labute approximate surface area is 122 Å². The first-order valence-electron chi connectivity index (χ1n) is 7.15. The molecular formula is C16H16N4O. The van der Waals surface area contributed by atoms with E-state index in [-0.39, 0.29) is 0 Å². The fourth-order valence-electron chi connectivity index (χ4n) is 2.81. The number of rotatable bonds is 2. The van der Waals surface area contributed by atoms with Crippen LogP contribution in [0, 0.1) is 6.92 Å². The molecule has 1 aromatic carbocycles. The molecule has 0 radical (unpaired) electrons. The van der Waals surface area contributed by atoms with Crippen molar-refractivity contribution < 1.29 is 4.52 Å². The molecule has 0 unspecified atom stereocenters. The Bertz CT molecular complexity index is 820. The van der Waals surface area contributed by atoms with Crippen LogP contribution >= 0.6 is 0 Å². The molecule has 5 nitrogen and oxygen atoms in total. The topological polar surface area (TPSA) is 77.8 Å². The van der Waals surface area contributed by atoms with Gasteiger partial charge in [-0.25, -0.2) is 0 Å². The highest BCUT2D eigenvalue weighted by atomic mass is 16.5. The van der Waals surface area contributed by atoms with E-state index in [0.29, 0.717) is 11.7 Å². The average Bonchev–Trinajstić information content (AvgIpc) is 2.95. The molecule has 0 aliphatic heterocycles. The number of benzene rings is 1. The molecule has 0 atom stereocenters. The van der Waals surface area contributed by atoms with Gasteiger partial charge in [-0.1, -0.05) is 23.4 Å². The minimum atomic E-state index is -0.403. The first kappa shape index (κ1) is 12.5. The largest absolute Gasteiger partial charge is 0.334 e. The minimum absolute atomic E-state index is 0.403. The van der Waals surface area contributed by atoms with Gasteiger partial charge >= 0.3 is 0 Å². The molecule has 21 heavy (non-hydrogen) atoms. The maximum absolute atomic E-state index is 6.24. The lowest BCUT2D eigenvalue weighted by atomic mass is 9.77. The summed E-state index contributed by atoms with van der Waals surface area (Å²) < 4.78 is 5.42. The molecule has 1 saturated carbocycles. The van der Waals surface area contributed by atoms with Gasteiger partial charge in [-0.05, 0) is 37.8 Å². The van der Waals surface area contributed by atoms with Gasteiger partial charge in [0, 0.05) is 11.6 Å². The molecule has 1 aliphatic carbocycles. The molecule has 2 N–H and O–H groups in total. The van der Waals surface area contributed by atoms with Crippen LogP contribution in [0.15, 0.2) is 35.0 Å². The second kappa shape index (κ2) is 4.36. The SMILES string of the molecule is Cc1c(-c2nc(C3(N)CCC3)no2)cnc2ccccc12. The molecule has 5 heteroatoms. The van der Waals surface area contributed by atoms with Gasteiger partial charge in [0.1, 0.15) is 0 Å². The Morgan fingerprint density at radius 2 is 2.05 bits per heavy atom. The number of aromatic nitrogens is 3. The predicted octanol–water partition coefficient (Wildman–Crippen LogP) is 2.93. The average molecular weight is 280 g/mol. The standard InChI is InChI=1S/C16H16N4O/c1-10-11-5-2-3-6-13(11)18-9-12(10)14-19-15(20-21-14)16(17)7-4-8-16/h2-3,5-6,9H,4,7-8,17H2,1H3. The fraction of sp³-hybridized carbons (Fsp3) is 0.312. The second-order valence-corrected chi connectivity index (χ2v) is 5.75. The molecule has 2 aromatic heterocycles. The highest BCUT2D eigenvalue weighted by Gasteiger charge is 2.39. The maximum Gasteiger partial charge on any atom is 0.259 e. The first-order valence-corrected chi connectivity index (χ1v) is 7.15. The number of pyridine rings is 1. The van der Waals surface area contributed by atoms with E-state index in [1.807, 2.05) is 25.1 Å². The molecule has 0 saturated heterocycles. The van der Waals surface area contributed by atoms with Gasteiger partial charge in [0.25, 0.3) is 5.89 Å². The van der Waals surface area contributed by atoms with Gasteiger partial charge in [-0.15, -0.1) is 0 Å². The van der Waals surface area contributed by atoms with Crippen molar-refractivity contribution in [2.45, 2.75) is 31.7 Å². The lowest BCUT2D eigenvalue weighted by Crippen LogP contribution is -2.44. The molecule has 1 fully saturated rings. The van der Waals surface area contributed by atoms with Crippen LogP contribution in [0.1, 0.15) is 30.7 Å². The van der Waals surface area contributed by atoms with Gasteiger partial charge in [0.2, 0.25) is 0 Å². The first-order chi connectivity index (χ1) is 10.2. The summed E-state index contributed by atoms with van der Waals surface area (Å²) in [6.07, 6.45) is 4.75. The zero-order chi connectivity index (χ0) is 14.4. The minimum Gasteiger partial charge on any atom is -0.334 e. The van der Waals surface area contributed by atoms with Gasteiger partial charge in [-0.2, -0.15) is 4.98 Å². The van der Waals surface area contributed by atoms with Gasteiger partial charge < -0.3 is 10.3 Å². The molecule has 106 valence electrons.